The van der Waals surface area contributed by atoms with Crippen molar-refractivity contribution in [1.82, 2.24) is 10.2 Å². The zero-order chi connectivity index (χ0) is 21.7. The van der Waals surface area contributed by atoms with E-state index in [9.17, 15) is 27.2 Å². The van der Waals surface area contributed by atoms with Crippen LogP contribution in [0.25, 0.3) is 0 Å². The van der Waals surface area contributed by atoms with E-state index in [0.29, 0.717) is 18.9 Å². The van der Waals surface area contributed by atoms with Crippen molar-refractivity contribution >= 4 is 11.8 Å². The molecule has 1 heterocycles. The van der Waals surface area contributed by atoms with Crippen LogP contribution >= 0.6 is 0 Å². The van der Waals surface area contributed by atoms with E-state index in [0.717, 1.165) is 17.7 Å². The summed E-state index contributed by atoms with van der Waals surface area (Å²) in [6.45, 7) is -2.10. The molecule has 5 nitrogen and oxygen atoms in total. The minimum Gasteiger partial charge on any atom is -0.435 e. The lowest BCUT2D eigenvalue weighted by atomic mass is 9.95. The molecule has 0 aliphatic carbocycles. The second-order valence-corrected chi connectivity index (χ2v) is 6.93. The van der Waals surface area contributed by atoms with Crippen molar-refractivity contribution in [3.8, 4) is 5.75 Å². The molecule has 0 bridgehead atoms. The summed E-state index contributed by atoms with van der Waals surface area (Å²) in [6.07, 6.45) is 0.836. The quantitative estimate of drug-likeness (QED) is 0.719. The molecule has 30 heavy (non-hydrogen) atoms. The van der Waals surface area contributed by atoms with Gasteiger partial charge in [-0.3, -0.25) is 9.59 Å². The SMILES string of the molecule is O=C(NCc1ccc(OC(F)F)cc1)C1CCN(C(=O)c2ccc(F)cc2F)CC1. The Kier molecular flexibility index (Phi) is 6.91. The zero-order valence-corrected chi connectivity index (χ0v) is 15.9. The van der Waals surface area contributed by atoms with Crippen molar-refractivity contribution in [3.63, 3.8) is 0 Å². The van der Waals surface area contributed by atoms with Gasteiger partial charge in [0.25, 0.3) is 5.91 Å². The van der Waals surface area contributed by atoms with E-state index in [-0.39, 0.29) is 42.8 Å². The Balaban J connectivity index is 1.47. The van der Waals surface area contributed by atoms with Gasteiger partial charge in [0.1, 0.15) is 17.4 Å². The highest BCUT2D eigenvalue weighted by Gasteiger charge is 2.28. The maximum atomic E-state index is 13.8. The fourth-order valence-electron chi connectivity index (χ4n) is 3.30. The summed E-state index contributed by atoms with van der Waals surface area (Å²) < 4.78 is 55.4. The van der Waals surface area contributed by atoms with Crippen molar-refractivity contribution in [2.45, 2.75) is 26.0 Å². The number of likely N-dealkylation sites (tertiary alicyclic amines) is 1. The molecule has 1 aliphatic rings. The number of nitrogens with one attached hydrogen (secondary N) is 1. The number of piperidine rings is 1. The molecular weight excluding hydrogens is 404 g/mol. The normalized spacial score (nSPS) is 14.6. The smallest absolute Gasteiger partial charge is 0.387 e. The first kappa shape index (κ1) is 21.6. The second kappa shape index (κ2) is 9.60. The first-order chi connectivity index (χ1) is 14.3. The molecule has 2 aromatic carbocycles. The number of amides is 2. The summed E-state index contributed by atoms with van der Waals surface area (Å²) in [7, 11) is 0. The summed E-state index contributed by atoms with van der Waals surface area (Å²) in [5, 5.41) is 2.79. The monoisotopic (exact) mass is 424 g/mol. The average molecular weight is 424 g/mol. The topological polar surface area (TPSA) is 58.6 Å². The highest BCUT2D eigenvalue weighted by atomic mass is 19.3. The number of hydrogen-bond donors (Lipinski definition) is 1. The number of benzene rings is 2. The molecule has 1 fully saturated rings. The Bertz CT molecular complexity index is 898. The third-order valence-electron chi connectivity index (χ3n) is 4.93. The van der Waals surface area contributed by atoms with Crippen molar-refractivity contribution in [2.24, 2.45) is 5.92 Å². The third kappa shape index (κ3) is 5.49. The summed E-state index contributed by atoms with van der Waals surface area (Å²) >= 11 is 0. The van der Waals surface area contributed by atoms with Gasteiger partial charge < -0.3 is 15.0 Å². The van der Waals surface area contributed by atoms with E-state index in [2.05, 4.69) is 10.1 Å². The molecule has 9 heteroatoms. The number of carbonyl (C=O) groups is 2. The third-order valence-corrected chi connectivity index (χ3v) is 4.93. The minimum absolute atomic E-state index is 0.0368. The lowest BCUT2D eigenvalue weighted by molar-refractivity contribution is -0.126. The molecule has 0 atom stereocenters. The Morgan fingerprint density at radius 1 is 1.07 bits per heavy atom. The van der Waals surface area contributed by atoms with Gasteiger partial charge in [0.2, 0.25) is 5.91 Å². The first-order valence-electron chi connectivity index (χ1n) is 9.39. The maximum Gasteiger partial charge on any atom is 0.387 e. The highest BCUT2D eigenvalue weighted by molar-refractivity contribution is 5.94. The van der Waals surface area contributed by atoms with Crippen LogP contribution in [0.1, 0.15) is 28.8 Å². The molecule has 1 saturated heterocycles. The van der Waals surface area contributed by atoms with E-state index < -0.39 is 24.2 Å². The van der Waals surface area contributed by atoms with Crippen LogP contribution in [0.15, 0.2) is 42.5 Å². The molecule has 1 aliphatic heterocycles. The van der Waals surface area contributed by atoms with Crippen LogP contribution in [0, 0.1) is 17.6 Å². The lowest BCUT2D eigenvalue weighted by Gasteiger charge is -2.31. The van der Waals surface area contributed by atoms with E-state index in [4.69, 9.17) is 0 Å². The fourth-order valence-corrected chi connectivity index (χ4v) is 3.30. The highest BCUT2D eigenvalue weighted by Crippen LogP contribution is 2.21. The molecule has 160 valence electrons. The molecular formula is C21H20F4N2O3. The number of alkyl halides is 2. The molecule has 0 unspecified atom stereocenters. The molecule has 0 spiro atoms. The van der Waals surface area contributed by atoms with Crippen LogP contribution in [-0.2, 0) is 11.3 Å². The maximum absolute atomic E-state index is 13.8. The summed E-state index contributed by atoms with van der Waals surface area (Å²) in [6, 6.07) is 8.76. The lowest BCUT2D eigenvalue weighted by Crippen LogP contribution is -2.43. The standard InChI is InChI=1S/C21H20F4N2O3/c22-15-3-6-17(18(23)11-15)20(29)27-9-7-14(8-10-27)19(28)26-12-13-1-4-16(5-2-13)30-21(24)25/h1-6,11,14,21H,7-10,12H2,(H,26,28). The number of hydrogen-bond acceptors (Lipinski definition) is 3. The van der Waals surface area contributed by atoms with E-state index in [1.165, 1.54) is 17.0 Å². The molecule has 0 saturated carbocycles. The van der Waals surface area contributed by atoms with Gasteiger partial charge in [-0.15, -0.1) is 0 Å². The average Bonchev–Trinajstić information content (AvgIpc) is 2.72. The minimum atomic E-state index is -2.90. The predicted octanol–water partition coefficient (Wildman–Crippen LogP) is 3.73. The Morgan fingerprint density at radius 2 is 1.73 bits per heavy atom. The van der Waals surface area contributed by atoms with Crippen LogP contribution in [0.5, 0.6) is 5.75 Å². The Labute approximate surface area is 170 Å². The molecule has 2 aromatic rings. The van der Waals surface area contributed by atoms with Crippen LogP contribution in [0.3, 0.4) is 0 Å². The number of halogens is 4. The van der Waals surface area contributed by atoms with E-state index >= 15 is 0 Å². The second-order valence-electron chi connectivity index (χ2n) is 6.93. The van der Waals surface area contributed by atoms with Crippen molar-refractivity contribution in [2.75, 3.05) is 13.1 Å². The summed E-state index contributed by atoms with van der Waals surface area (Å²) in [4.78, 5) is 26.2. The number of rotatable bonds is 6. The molecule has 1 N–H and O–H groups in total. The van der Waals surface area contributed by atoms with Gasteiger partial charge in [0.05, 0.1) is 5.56 Å². The number of carbonyl (C=O) groups excluding carboxylic acids is 2. The van der Waals surface area contributed by atoms with Crippen molar-refractivity contribution in [1.29, 1.82) is 0 Å². The van der Waals surface area contributed by atoms with Gasteiger partial charge in [0.15, 0.2) is 0 Å². The number of nitrogens with zero attached hydrogens (tertiary/aromatic N) is 1. The van der Waals surface area contributed by atoms with Gasteiger partial charge in [0, 0.05) is 31.6 Å². The largest absolute Gasteiger partial charge is 0.435 e. The van der Waals surface area contributed by atoms with Crippen LogP contribution in [0.2, 0.25) is 0 Å². The number of ether oxygens (including phenoxy) is 1. The zero-order valence-electron chi connectivity index (χ0n) is 15.9. The Morgan fingerprint density at radius 3 is 2.33 bits per heavy atom. The molecule has 3 rings (SSSR count). The van der Waals surface area contributed by atoms with E-state index in [1.807, 2.05) is 0 Å². The van der Waals surface area contributed by atoms with Gasteiger partial charge >= 0.3 is 6.61 Å². The van der Waals surface area contributed by atoms with Crippen molar-refractivity contribution in [3.05, 3.63) is 65.2 Å². The van der Waals surface area contributed by atoms with Crippen molar-refractivity contribution < 1.29 is 31.9 Å². The predicted molar refractivity (Wildman–Crippen MR) is 99.9 cm³/mol. The summed E-state index contributed by atoms with van der Waals surface area (Å²) in [5.74, 6) is -2.64. The Hall–Kier alpha value is -3.10. The van der Waals surface area contributed by atoms with Crippen LogP contribution < -0.4 is 10.1 Å². The van der Waals surface area contributed by atoms with Gasteiger partial charge in [-0.1, -0.05) is 12.1 Å². The van der Waals surface area contributed by atoms with Crippen LogP contribution in [0.4, 0.5) is 17.6 Å². The van der Waals surface area contributed by atoms with Crippen LogP contribution in [-0.4, -0.2) is 36.4 Å². The van der Waals surface area contributed by atoms with Gasteiger partial charge in [-0.25, -0.2) is 8.78 Å². The molecule has 0 aromatic heterocycles. The van der Waals surface area contributed by atoms with Gasteiger partial charge in [-0.05, 0) is 42.7 Å². The molecule has 2 amide bonds. The summed E-state index contributed by atoms with van der Waals surface area (Å²) in [5.41, 5.74) is 0.530. The molecule has 0 radical (unpaired) electrons. The van der Waals surface area contributed by atoms with Gasteiger partial charge in [-0.2, -0.15) is 8.78 Å². The fraction of sp³-hybridized carbons (Fsp3) is 0.333. The van der Waals surface area contributed by atoms with E-state index in [1.54, 1.807) is 12.1 Å². The first-order valence-corrected chi connectivity index (χ1v) is 9.39.